The molecule has 0 bridgehead atoms. The van der Waals surface area contributed by atoms with Crippen molar-refractivity contribution < 1.29 is 50.7 Å². The fraction of sp³-hybridized carbons (Fsp3) is 0.467. The zero-order valence-corrected chi connectivity index (χ0v) is 26.5. The highest BCUT2D eigenvalue weighted by atomic mass is 32.2. The van der Waals surface area contributed by atoms with E-state index < -0.39 is 39.8 Å². The van der Waals surface area contributed by atoms with Crippen molar-refractivity contribution in [2.24, 2.45) is 0 Å². The van der Waals surface area contributed by atoms with E-state index in [0.717, 1.165) is 10.5 Å². The van der Waals surface area contributed by atoms with Gasteiger partial charge in [-0.2, -0.15) is 8.42 Å². The Kier molecular flexibility index (Phi) is 13.1. The number of hydrogen-bond donors (Lipinski definition) is 1. The molecule has 2 aromatic rings. The number of imide groups is 2. The summed E-state index contributed by atoms with van der Waals surface area (Å²) in [7, 11) is -3.81. The van der Waals surface area contributed by atoms with Gasteiger partial charge in [0.2, 0.25) is 11.8 Å². The first kappa shape index (κ1) is 34.7. The number of ether oxygens (including phenoxy) is 4. The Labute approximate surface area is 266 Å². The van der Waals surface area contributed by atoms with Crippen LogP contribution in [0.25, 0.3) is 0 Å². The van der Waals surface area contributed by atoms with Crippen LogP contribution >= 0.6 is 11.8 Å². The Morgan fingerprint density at radius 3 is 2.02 bits per heavy atom. The second-order valence-electron chi connectivity index (χ2n) is 10.0. The third-order valence-electron chi connectivity index (χ3n) is 6.81. The minimum Gasteiger partial charge on any atom is -0.378 e. The Morgan fingerprint density at radius 2 is 1.40 bits per heavy atom. The van der Waals surface area contributed by atoms with Crippen molar-refractivity contribution in [3.63, 3.8) is 0 Å². The number of thioether (sulfide) groups is 1. The molecule has 1 fully saturated rings. The predicted octanol–water partition coefficient (Wildman–Crippen LogP) is 1.96. The van der Waals surface area contributed by atoms with Crippen LogP contribution in [0, 0.1) is 6.92 Å². The summed E-state index contributed by atoms with van der Waals surface area (Å²) in [4.78, 5) is 51.5. The summed E-state index contributed by atoms with van der Waals surface area (Å²) in [6.07, 6.45) is 0.175. The molecule has 13 nitrogen and oxygen atoms in total. The van der Waals surface area contributed by atoms with Crippen molar-refractivity contribution >= 4 is 45.5 Å². The number of piperidine rings is 1. The van der Waals surface area contributed by atoms with Gasteiger partial charge >= 0.3 is 0 Å². The quantitative estimate of drug-likeness (QED) is 0.101. The highest BCUT2D eigenvalue weighted by Gasteiger charge is 2.45. The van der Waals surface area contributed by atoms with Crippen LogP contribution in [0.4, 0.5) is 0 Å². The normalized spacial score (nSPS) is 16.7. The second-order valence-corrected chi connectivity index (χ2v) is 12.8. The summed E-state index contributed by atoms with van der Waals surface area (Å²) < 4.78 is 51.0. The van der Waals surface area contributed by atoms with Crippen LogP contribution < -0.4 is 5.32 Å². The molecule has 2 aromatic carbocycles. The second kappa shape index (κ2) is 16.9. The van der Waals surface area contributed by atoms with Crippen LogP contribution in [0.2, 0.25) is 0 Å². The van der Waals surface area contributed by atoms with E-state index in [-0.39, 0.29) is 48.7 Å². The van der Waals surface area contributed by atoms with Gasteiger partial charge in [-0.05, 0) is 37.6 Å². The topological polar surface area (TPSA) is 164 Å². The molecule has 1 atom stereocenters. The van der Waals surface area contributed by atoms with E-state index in [1.165, 1.54) is 23.9 Å². The molecule has 1 unspecified atom stereocenters. The van der Waals surface area contributed by atoms with Gasteiger partial charge in [0.05, 0.1) is 75.5 Å². The van der Waals surface area contributed by atoms with Gasteiger partial charge in [-0.25, -0.2) is 0 Å². The lowest BCUT2D eigenvalue weighted by Gasteiger charge is -2.27. The summed E-state index contributed by atoms with van der Waals surface area (Å²) >= 11 is 1.38. The standard InChI is InChI=1S/C30H36N2O11S2/c1-21-5-7-22(8-6-21)45(37,38)43-18-17-41-14-13-39-11-12-40-15-16-42-19-20-44-25-4-2-3-23-27(25)30(36)32(29(23)35)24-9-10-26(33)31-28(24)34/h2-8,24H,9-20H2,1H3,(H,31,33,34). The number of hydrogen-bond acceptors (Lipinski definition) is 12. The van der Waals surface area contributed by atoms with Gasteiger partial charge in [-0.3, -0.25) is 33.6 Å². The average Bonchev–Trinajstić information content (AvgIpc) is 3.27. The van der Waals surface area contributed by atoms with Gasteiger partial charge in [0.1, 0.15) is 6.04 Å². The van der Waals surface area contributed by atoms with Crippen molar-refractivity contribution in [2.75, 3.05) is 65.2 Å². The third kappa shape index (κ3) is 9.66. The Hall–Kier alpha value is -3.18. The Bertz CT molecular complexity index is 1460. The fourth-order valence-corrected chi connectivity index (χ4v) is 6.38. The lowest BCUT2D eigenvalue weighted by molar-refractivity contribution is -0.136. The van der Waals surface area contributed by atoms with Crippen LogP contribution in [0.5, 0.6) is 0 Å². The first-order valence-electron chi connectivity index (χ1n) is 14.4. The number of carbonyl (C=O) groups excluding carboxylic acids is 4. The molecule has 0 aromatic heterocycles. The number of amides is 4. The molecular weight excluding hydrogens is 628 g/mol. The first-order valence-corrected chi connectivity index (χ1v) is 16.8. The van der Waals surface area contributed by atoms with Crippen LogP contribution in [0.3, 0.4) is 0 Å². The highest BCUT2D eigenvalue weighted by molar-refractivity contribution is 7.99. The maximum Gasteiger partial charge on any atom is 0.297 e. The third-order valence-corrected chi connectivity index (χ3v) is 9.16. The minimum absolute atomic E-state index is 0.0674. The summed E-state index contributed by atoms with van der Waals surface area (Å²) in [6, 6.07) is 10.4. The van der Waals surface area contributed by atoms with Crippen molar-refractivity contribution in [3.8, 4) is 0 Å². The van der Waals surface area contributed by atoms with Gasteiger partial charge in [-0.15, -0.1) is 11.8 Å². The van der Waals surface area contributed by atoms with Gasteiger partial charge in [0.15, 0.2) is 0 Å². The predicted molar refractivity (Wildman–Crippen MR) is 161 cm³/mol. The molecule has 4 rings (SSSR count). The minimum atomic E-state index is -3.81. The van der Waals surface area contributed by atoms with E-state index in [2.05, 4.69) is 5.32 Å². The molecule has 2 aliphatic rings. The fourth-order valence-electron chi connectivity index (χ4n) is 4.55. The number of fused-ring (bicyclic) bond motifs is 1. The number of carbonyl (C=O) groups is 4. The van der Waals surface area contributed by atoms with Crippen molar-refractivity contribution in [3.05, 3.63) is 59.2 Å². The number of nitrogens with one attached hydrogen (secondary N) is 1. The lowest BCUT2D eigenvalue weighted by Crippen LogP contribution is -2.54. The number of aryl methyl sites for hydroxylation is 1. The molecule has 2 heterocycles. The molecule has 2 aliphatic heterocycles. The zero-order chi connectivity index (χ0) is 32.2. The van der Waals surface area contributed by atoms with E-state index in [1.807, 2.05) is 6.92 Å². The average molecular weight is 665 g/mol. The van der Waals surface area contributed by atoms with Crippen molar-refractivity contribution in [2.45, 2.75) is 35.6 Å². The number of rotatable bonds is 19. The molecule has 0 radical (unpaired) electrons. The summed E-state index contributed by atoms with van der Waals surface area (Å²) in [6.45, 7) is 4.35. The van der Waals surface area contributed by atoms with E-state index >= 15 is 0 Å². The molecule has 1 saturated heterocycles. The van der Waals surface area contributed by atoms with E-state index in [4.69, 9.17) is 23.1 Å². The lowest BCUT2D eigenvalue weighted by atomic mass is 10.0. The summed E-state index contributed by atoms with van der Waals surface area (Å²) in [5.74, 6) is -1.59. The van der Waals surface area contributed by atoms with Gasteiger partial charge < -0.3 is 18.9 Å². The maximum atomic E-state index is 13.1. The SMILES string of the molecule is Cc1ccc(S(=O)(=O)OCCOCCOCCOCCOCCSc2cccc3c2C(=O)N(C2CCC(=O)NC2=O)C3=O)cc1. The van der Waals surface area contributed by atoms with Crippen molar-refractivity contribution in [1.29, 1.82) is 0 Å². The number of nitrogens with zero attached hydrogens (tertiary/aromatic N) is 1. The Morgan fingerprint density at radius 1 is 0.800 bits per heavy atom. The molecule has 1 N–H and O–H groups in total. The molecule has 244 valence electrons. The van der Waals surface area contributed by atoms with E-state index in [0.29, 0.717) is 50.3 Å². The van der Waals surface area contributed by atoms with E-state index in [9.17, 15) is 27.6 Å². The van der Waals surface area contributed by atoms with Gasteiger partial charge in [0.25, 0.3) is 21.9 Å². The molecule has 45 heavy (non-hydrogen) atoms. The van der Waals surface area contributed by atoms with Crippen LogP contribution in [0.15, 0.2) is 52.3 Å². The van der Waals surface area contributed by atoms with Crippen LogP contribution in [-0.4, -0.2) is 108 Å². The highest BCUT2D eigenvalue weighted by Crippen LogP contribution is 2.34. The largest absolute Gasteiger partial charge is 0.378 e. The first-order chi connectivity index (χ1) is 21.7. The summed E-state index contributed by atoms with van der Waals surface area (Å²) in [5.41, 5.74) is 1.47. The molecule has 0 spiro atoms. The van der Waals surface area contributed by atoms with Gasteiger partial charge in [0, 0.05) is 17.1 Å². The van der Waals surface area contributed by atoms with Crippen molar-refractivity contribution in [1.82, 2.24) is 10.2 Å². The smallest absolute Gasteiger partial charge is 0.297 e. The molecular formula is C30H36N2O11S2. The molecule has 0 aliphatic carbocycles. The van der Waals surface area contributed by atoms with E-state index in [1.54, 1.807) is 30.3 Å². The summed E-state index contributed by atoms with van der Waals surface area (Å²) in [5, 5.41) is 2.19. The number of benzene rings is 2. The maximum absolute atomic E-state index is 13.1. The van der Waals surface area contributed by atoms with Crippen LogP contribution in [-0.2, 0) is 42.8 Å². The van der Waals surface area contributed by atoms with Crippen LogP contribution in [0.1, 0.15) is 39.1 Å². The van der Waals surface area contributed by atoms with Gasteiger partial charge in [-0.1, -0.05) is 23.8 Å². The molecule has 4 amide bonds. The molecule has 15 heteroatoms. The monoisotopic (exact) mass is 664 g/mol. The zero-order valence-electron chi connectivity index (χ0n) is 24.9. The molecule has 0 saturated carbocycles. The Balaban J connectivity index is 1.01.